The first kappa shape index (κ1) is 9.50. The number of halogens is 2. The van der Waals surface area contributed by atoms with Gasteiger partial charge in [-0.1, -0.05) is 35.3 Å². The fourth-order valence-electron chi connectivity index (χ4n) is 1.15. The Labute approximate surface area is 92.3 Å². The highest BCUT2D eigenvalue weighted by molar-refractivity contribution is 6.43. The van der Waals surface area contributed by atoms with E-state index in [1.54, 1.807) is 18.3 Å². The molecular weight excluding hydrogens is 217 g/mol. The monoisotopic (exact) mass is 222 g/mol. The van der Waals surface area contributed by atoms with Gasteiger partial charge in [-0.25, -0.2) is 0 Å². The third-order valence-electron chi connectivity index (χ3n) is 1.81. The van der Waals surface area contributed by atoms with Crippen LogP contribution in [-0.4, -0.2) is 4.98 Å². The molecule has 1 nitrogen and oxygen atoms in total. The van der Waals surface area contributed by atoms with E-state index in [1.807, 2.05) is 18.2 Å². The first-order valence-electron chi connectivity index (χ1n) is 4.06. The molecule has 0 aliphatic carbocycles. The first-order chi connectivity index (χ1) is 6.79. The second kappa shape index (κ2) is 3.99. The van der Waals surface area contributed by atoms with Crippen LogP contribution in [0, 0.1) is 6.07 Å². The SMILES string of the molecule is Clc1cc[c]c(-c2ccccn2)c1Cl. The quantitative estimate of drug-likeness (QED) is 0.715. The van der Waals surface area contributed by atoms with Gasteiger partial charge in [0, 0.05) is 11.8 Å². The van der Waals surface area contributed by atoms with Gasteiger partial charge in [0.25, 0.3) is 0 Å². The Morgan fingerprint density at radius 3 is 2.71 bits per heavy atom. The van der Waals surface area contributed by atoms with E-state index in [4.69, 9.17) is 23.2 Å². The van der Waals surface area contributed by atoms with Crippen molar-refractivity contribution in [1.29, 1.82) is 0 Å². The van der Waals surface area contributed by atoms with E-state index in [2.05, 4.69) is 11.1 Å². The van der Waals surface area contributed by atoms with Gasteiger partial charge in [-0.2, -0.15) is 0 Å². The van der Waals surface area contributed by atoms with Crippen LogP contribution in [-0.2, 0) is 0 Å². The zero-order valence-corrected chi connectivity index (χ0v) is 8.68. The molecule has 2 aromatic rings. The van der Waals surface area contributed by atoms with Gasteiger partial charge in [-0.3, -0.25) is 4.98 Å². The number of aromatic nitrogens is 1. The van der Waals surface area contributed by atoms with Crippen LogP contribution in [0.25, 0.3) is 11.3 Å². The second-order valence-electron chi connectivity index (χ2n) is 2.73. The van der Waals surface area contributed by atoms with Crippen molar-refractivity contribution in [1.82, 2.24) is 4.98 Å². The molecule has 0 saturated carbocycles. The molecule has 0 N–H and O–H groups in total. The summed E-state index contributed by atoms with van der Waals surface area (Å²) in [6, 6.07) is 12.1. The Hall–Kier alpha value is -1.05. The molecule has 1 aromatic carbocycles. The lowest BCUT2D eigenvalue weighted by Gasteiger charge is -2.03. The van der Waals surface area contributed by atoms with Crippen molar-refractivity contribution in [2.75, 3.05) is 0 Å². The number of pyridine rings is 1. The van der Waals surface area contributed by atoms with Crippen LogP contribution in [0.3, 0.4) is 0 Å². The van der Waals surface area contributed by atoms with Crippen molar-refractivity contribution in [3.05, 3.63) is 52.6 Å². The van der Waals surface area contributed by atoms with Crippen molar-refractivity contribution in [2.24, 2.45) is 0 Å². The summed E-state index contributed by atoms with van der Waals surface area (Å²) in [6.45, 7) is 0. The zero-order chi connectivity index (χ0) is 9.97. The van der Waals surface area contributed by atoms with Crippen LogP contribution in [0.4, 0.5) is 0 Å². The zero-order valence-electron chi connectivity index (χ0n) is 7.17. The van der Waals surface area contributed by atoms with E-state index in [-0.39, 0.29) is 0 Å². The molecule has 1 radical (unpaired) electrons. The van der Waals surface area contributed by atoms with Crippen molar-refractivity contribution in [3.8, 4) is 11.3 Å². The maximum absolute atomic E-state index is 6.02. The van der Waals surface area contributed by atoms with Crippen molar-refractivity contribution in [2.45, 2.75) is 0 Å². The number of hydrogen-bond donors (Lipinski definition) is 0. The summed E-state index contributed by atoms with van der Waals surface area (Å²) in [7, 11) is 0. The lowest BCUT2D eigenvalue weighted by atomic mass is 10.1. The number of benzene rings is 1. The van der Waals surface area contributed by atoms with Crippen LogP contribution in [0.2, 0.25) is 10.0 Å². The third kappa shape index (κ3) is 1.74. The van der Waals surface area contributed by atoms with Gasteiger partial charge < -0.3 is 0 Å². The Morgan fingerprint density at radius 1 is 1.14 bits per heavy atom. The van der Waals surface area contributed by atoms with Gasteiger partial charge in [0.05, 0.1) is 15.7 Å². The van der Waals surface area contributed by atoms with Crippen LogP contribution >= 0.6 is 23.2 Å². The van der Waals surface area contributed by atoms with Gasteiger partial charge in [0.1, 0.15) is 0 Å². The van der Waals surface area contributed by atoms with Crippen LogP contribution in [0.5, 0.6) is 0 Å². The van der Waals surface area contributed by atoms with E-state index in [9.17, 15) is 0 Å². The van der Waals surface area contributed by atoms with Crippen LogP contribution in [0.1, 0.15) is 0 Å². The smallest absolute Gasteiger partial charge is 0.0723 e. The summed E-state index contributed by atoms with van der Waals surface area (Å²) < 4.78 is 0. The molecule has 0 atom stereocenters. The Morgan fingerprint density at radius 2 is 2.00 bits per heavy atom. The van der Waals surface area contributed by atoms with E-state index in [0.717, 1.165) is 11.3 Å². The summed E-state index contributed by atoms with van der Waals surface area (Å²) in [6.07, 6.45) is 1.71. The Kier molecular flexibility index (Phi) is 2.71. The maximum Gasteiger partial charge on any atom is 0.0723 e. The predicted molar refractivity (Wildman–Crippen MR) is 58.5 cm³/mol. The van der Waals surface area contributed by atoms with Gasteiger partial charge in [-0.05, 0) is 24.3 Å². The predicted octanol–water partition coefficient (Wildman–Crippen LogP) is 3.86. The second-order valence-corrected chi connectivity index (χ2v) is 3.51. The molecule has 3 heteroatoms. The third-order valence-corrected chi connectivity index (χ3v) is 2.61. The highest BCUT2D eigenvalue weighted by Gasteiger charge is 2.06. The minimum atomic E-state index is 0.493. The molecular formula is C11H6Cl2N. The molecule has 0 saturated heterocycles. The lowest BCUT2D eigenvalue weighted by Crippen LogP contribution is -1.83. The minimum Gasteiger partial charge on any atom is -0.256 e. The normalized spacial score (nSPS) is 10.1. The maximum atomic E-state index is 6.02. The molecule has 0 amide bonds. The molecule has 0 bridgehead atoms. The summed E-state index contributed by atoms with van der Waals surface area (Å²) in [5.41, 5.74) is 1.51. The average molecular weight is 223 g/mol. The standard InChI is InChI=1S/C11H6Cl2N/c12-9-5-3-4-8(11(9)13)10-6-1-2-7-14-10/h1-3,5-7H. The van der Waals surface area contributed by atoms with E-state index < -0.39 is 0 Å². The lowest BCUT2D eigenvalue weighted by molar-refractivity contribution is 1.32. The van der Waals surface area contributed by atoms with E-state index in [1.165, 1.54) is 0 Å². The highest BCUT2D eigenvalue weighted by atomic mass is 35.5. The summed E-state index contributed by atoms with van der Waals surface area (Å²) >= 11 is 11.9. The van der Waals surface area contributed by atoms with Gasteiger partial charge >= 0.3 is 0 Å². The molecule has 1 aromatic heterocycles. The molecule has 0 aliphatic heterocycles. The minimum absolute atomic E-state index is 0.493. The molecule has 0 fully saturated rings. The van der Waals surface area contributed by atoms with Gasteiger partial charge in [-0.15, -0.1) is 0 Å². The summed E-state index contributed by atoms with van der Waals surface area (Å²) in [5.74, 6) is 0. The molecule has 69 valence electrons. The van der Waals surface area contributed by atoms with Gasteiger partial charge in [0.15, 0.2) is 0 Å². The number of hydrogen-bond acceptors (Lipinski definition) is 1. The Bertz CT molecular complexity index is 440. The molecule has 0 spiro atoms. The number of rotatable bonds is 1. The molecule has 0 unspecified atom stereocenters. The van der Waals surface area contributed by atoms with Crippen molar-refractivity contribution >= 4 is 23.2 Å². The topological polar surface area (TPSA) is 12.9 Å². The Balaban J connectivity index is 2.58. The molecule has 2 rings (SSSR count). The first-order valence-corrected chi connectivity index (χ1v) is 4.82. The average Bonchev–Trinajstić information content (AvgIpc) is 2.23. The fraction of sp³-hybridized carbons (Fsp3) is 0. The largest absolute Gasteiger partial charge is 0.256 e. The van der Waals surface area contributed by atoms with Crippen LogP contribution < -0.4 is 0 Å². The summed E-state index contributed by atoms with van der Waals surface area (Å²) in [4.78, 5) is 4.18. The summed E-state index contributed by atoms with van der Waals surface area (Å²) in [5, 5.41) is 1.01. The van der Waals surface area contributed by atoms with E-state index >= 15 is 0 Å². The number of nitrogens with zero attached hydrogens (tertiary/aromatic N) is 1. The van der Waals surface area contributed by atoms with Crippen molar-refractivity contribution in [3.63, 3.8) is 0 Å². The fourth-order valence-corrected chi connectivity index (χ4v) is 1.52. The molecule has 1 heterocycles. The molecule has 0 aliphatic rings. The molecule has 14 heavy (non-hydrogen) atoms. The van der Waals surface area contributed by atoms with Crippen molar-refractivity contribution < 1.29 is 0 Å². The van der Waals surface area contributed by atoms with E-state index in [0.29, 0.717) is 10.0 Å². The van der Waals surface area contributed by atoms with Gasteiger partial charge in [0.2, 0.25) is 0 Å². The van der Waals surface area contributed by atoms with Crippen LogP contribution in [0.15, 0.2) is 36.5 Å². The highest BCUT2D eigenvalue weighted by Crippen LogP contribution is 2.31.